The van der Waals surface area contributed by atoms with E-state index in [1.165, 1.54) is 6.20 Å². The fraction of sp³-hybridized carbons (Fsp3) is 0.0909. The Morgan fingerprint density at radius 3 is 2.41 bits per heavy atom. The molecule has 3 aromatic rings. The number of hydrogen-bond donors (Lipinski definition) is 1. The van der Waals surface area contributed by atoms with Crippen LogP contribution >= 0.6 is 0 Å². The summed E-state index contributed by atoms with van der Waals surface area (Å²) in [5, 5.41) is 13.3. The van der Waals surface area contributed by atoms with Gasteiger partial charge >= 0.3 is 5.97 Å². The summed E-state index contributed by atoms with van der Waals surface area (Å²) in [6.45, 7) is 1.51. The van der Waals surface area contributed by atoms with Crippen LogP contribution in [0.25, 0.3) is 5.32 Å². The van der Waals surface area contributed by atoms with Crippen molar-refractivity contribution in [3.63, 3.8) is 0 Å². The molecule has 0 fully saturated rings. The zero-order valence-corrected chi connectivity index (χ0v) is 16.5. The van der Waals surface area contributed by atoms with Crippen molar-refractivity contribution in [2.24, 2.45) is 4.99 Å². The van der Waals surface area contributed by atoms with Crippen molar-refractivity contribution < 1.29 is 31.2 Å². The number of carbonyl (C=O) groups excluding carboxylic acids is 1. The molecule has 3 rings (SSSR count). The molecule has 0 aliphatic carbocycles. The van der Waals surface area contributed by atoms with Crippen LogP contribution < -0.4 is 0 Å². The van der Waals surface area contributed by atoms with E-state index in [0.29, 0.717) is 17.0 Å². The molecule has 0 saturated heterocycles. The van der Waals surface area contributed by atoms with Gasteiger partial charge in [-0.3, -0.25) is 14.8 Å². The summed E-state index contributed by atoms with van der Waals surface area (Å²) in [6.07, 6.45) is 1.53. The Kier molecular flexibility index (Phi) is 7.81. The van der Waals surface area contributed by atoms with Crippen LogP contribution in [-0.2, 0) is 21.3 Å². The van der Waals surface area contributed by atoms with Gasteiger partial charge in [-0.1, -0.05) is 60.2 Å². The summed E-state index contributed by atoms with van der Waals surface area (Å²) in [6, 6.07) is 19.7. The number of carboxylic acids is 1. The van der Waals surface area contributed by atoms with Crippen LogP contribution in [0.5, 0.6) is 0 Å². The third-order valence-corrected chi connectivity index (χ3v) is 3.93. The van der Waals surface area contributed by atoms with E-state index in [4.69, 9.17) is 5.11 Å². The number of amides is 1. The first kappa shape index (κ1) is 22.0. The van der Waals surface area contributed by atoms with Gasteiger partial charge in [0.05, 0.1) is 11.4 Å². The second-order valence-electron chi connectivity index (χ2n) is 6.08. The second kappa shape index (κ2) is 10.3. The number of aromatic nitrogens is 1. The summed E-state index contributed by atoms with van der Waals surface area (Å²) >= 11 is 0. The van der Waals surface area contributed by atoms with Gasteiger partial charge in [0, 0.05) is 28.3 Å². The van der Waals surface area contributed by atoms with Gasteiger partial charge in [-0.2, -0.15) is 0 Å². The summed E-state index contributed by atoms with van der Waals surface area (Å²) in [7, 11) is 0. The van der Waals surface area contributed by atoms with Crippen molar-refractivity contribution in [3.05, 3.63) is 101 Å². The number of carbonyl (C=O) groups is 2. The number of carboxylic acid groups (broad SMARTS) is 1. The van der Waals surface area contributed by atoms with Crippen molar-refractivity contribution in [2.75, 3.05) is 6.54 Å². The number of aryl methyl sites for hydroxylation is 1. The first-order chi connectivity index (χ1) is 13.5. The van der Waals surface area contributed by atoms with Crippen LogP contribution in [-0.4, -0.2) is 34.2 Å². The third-order valence-electron chi connectivity index (χ3n) is 3.93. The van der Waals surface area contributed by atoms with Crippen molar-refractivity contribution in [1.29, 1.82) is 0 Å². The molecule has 7 heteroatoms. The minimum atomic E-state index is -1.04. The molecule has 0 bridgehead atoms. The Balaban J connectivity index is 0.00000300. The Bertz CT molecular complexity index is 1020. The fourth-order valence-electron chi connectivity index (χ4n) is 2.67. The smallest absolute Gasteiger partial charge is 0.325 e. The molecule has 0 saturated carbocycles. The normalized spacial score (nSPS) is 10.7. The van der Waals surface area contributed by atoms with Gasteiger partial charge < -0.3 is 15.2 Å². The molecule has 0 aliphatic heterocycles. The first-order valence-electron chi connectivity index (χ1n) is 8.64. The molecule has 6 nitrogen and oxygen atoms in total. The third kappa shape index (κ3) is 5.83. The molecule has 0 atom stereocenters. The minimum absolute atomic E-state index is 0. The molecule has 0 radical (unpaired) electrons. The number of benzene rings is 2. The molecule has 2 aromatic carbocycles. The maximum Gasteiger partial charge on any atom is 0.325 e. The predicted molar refractivity (Wildman–Crippen MR) is 107 cm³/mol. The topological polar surface area (TPSA) is 93.7 Å². The van der Waals surface area contributed by atoms with E-state index in [-0.39, 0.29) is 28.7 Å². The number of aliphatic carboxylic acids is 1. The van der Waals surface area contributed by atoms with Crippen molar-refractivity contribution >= 4 is 23.3 Å². The number of nitrogens with zero attached hydrogens (tertiary/aromatic N) is 3. The Hall–Kier alpha value is -3.31. The van der Waals surface area contributed by atoms with E-state index >= 15 is 0 Å². The van der Waals surface area contributed by atoms with Gasteiger partial charge in [-0.05, 0) is 24.6 Å². The van der Waals surface area contributed by atoms with E-state index in [1.807, 2.05) is 43.3 Å². The molecular weight excluding hydrogens is 413 g/mol. The maximum absolute atomic E-state index is 12.5. The van der Waals surface area contributed by atoms with Gasteiger partial charge in [0.2, 0.25) is 0 Å². The molecule has 1 amide bonds. The van der Waals surface area contributed by atoms with Crippen LogP contribution in [0.4, 0.5) is 5.69 Å². The molecule has 1 heterocycles. The predicted octanol–water partition coefficient (Wildman–Crippen LogP) is 4.16. The van der Waals surface area contributed by atoms with Crippen molar-refractivity contribution in [3.8, 4) is 0 Å². The monoisotopic (exact) mass is 430 g/mol. The fourth-order valence-corrected chi connectivity index (χ4v) is 2.67. The molecule has 0 spiro atoms. The largest absolute Gasteiger partial charge is 0.621 e. The Labute approximate surface area is 178 Å². The van der Waals surface area contributed by atoms with E-state index in [0.717, 1.165) is 11.1 Å². The Morgan fingerprint density at radius 2 is 1.76 bits per heavy atom. The van der Waals surface area contributed by atoms with E-state index < -0.39 is 11.9 Å². The van der Waals surface area contributed by atoms with E-state index in [9.17, 15) is 9.59 Å². The van der Waals surface area contributed by atoms with Gasteiger partial charge in [0.15, 0.2) is 0 Å². The number of aliphatic imine (C=N–C) groups is 1. The van der Waals surface area contributed by atoms with Crippen molar-refractivity contribution in [1.82, 2.24) is 4.98 Å². The average Bonchev–Trinajstić information content (AvgIpc) is 2.70. The number of hydrogen-bond acceptors (Lipinski definition) is 4. The molecule has 29 heavy (non-hydrogen) atoms. The van der Waals surface area contributed by atoms with Crippen LogP contribution in [0.2, 0.25) is 0 Å². The first-order valence-corrected chi connectivity index (χ1v) is 8.64. The van der Waals surface area contributed by atoms with Crippen molar-refractivity contribution in [2.45, 2.75) is 6.92 Å². The zero-order valence-electron chi connectivity index (χ0n) is 15.6. The zero-order chi connectivity index (χ0) is 19.9. The molecule has 150 valence electrons. The Morgan fingerprint density at radius 1 is 1.03 bits per heavy atom. The summed E-state index contributed by atoms with van der Waals surface area (Å²) in [4.78, 5) is 31.9. The molecule has 0 unspecified atom stereocenters. The molecule has 0 aliphatic rings. The summed E-state index contributed by atoms with van der Waals surface area (Å²) < 4.78 is 0. The van der Waals surface area contributed by atoms with E-state index in [2.05, 4.69) is 15.3 Å². The van der Waals surface area contributed by atoms with Gasteiger partial charge in [-0.25, -0.2) is 0 Å². The number of rotatable bonds is 6. The van der Waals surface area contributed by atoms with Gasteiger partial charge in [-0.15, -0.1) is 5.69 Å². The SMILES string of the molecule is Cc1ccc(C(=NCC(=O)O)c2ccccc2)c([N-]C(=O)c2ccccn2)c1.[Ni]. The van der Waals surface area contributed by atoms with Gasteiger partial charge in [0.25, 0.3) is 0 Å². The van der Waals surface area contributed by atoms with Crippen LogP contribution in [0.3, 0.4) is 0 Å². The average molecular weight is 431 g/mol. The quantitative estimate of drug-likeness (QED) is 0.469. The van der Waals surface area contributed by atoms with Crippen LogP contribution in [0.1, 0.15) is 27.2 Å². The van der Waals surface area contributed by atoms with Crippen LogP contribution in [0.15, 0.2) is 77.9 Å². The maximum atomic E-state index is 12.5. The molecular formula is C22H18N3NiO3-. The van der Waals surface area contributed by atoms with E-state index in [1.54, 1.807) is 30.3 Å². The second-order valence-corrected chi connectivity index (χ2v) is 6.08. The van der Waals surface area contributed by atoms with Gasteiger partial charge in [0.1, 0.15) is 12.5 Å². The molecule has 1 N–H and O–H groups in total. The minimum Gasteiger partial charge on any atom is -0.621 e. The summed E-state index contributed by atoms with van der Waals surface area (Å²) in [5.41, 5.74) is 3.37. The standard InChI is InChI=1S/C22H19N3O3.Ni/c1-15-10-11-17(19(13-15)25-22(28)18-9-5-6-12-23-18)21(24-14-20(26)27)16-7-3-2-4-8-16;/h2-13H,14H2,1H3,(H2,24,25,26,27,28);/p-1. The number of pyridine rings is 1. The molecule has 1 aromatic heterocycles. The summed E-state index contributed by atoms with van der Waals surface area (Å²) in [5.74, 6) is -1.51. The van der Waals surface area contributed by atoms with Crippen LogP contribution in [0, 0.1) is 6.92 Å².